The summed E-state index contributed by atoms with van der Waals surface area (Å²) in [6.45, 7) is 3.63. The van der Waals surface area contributed by atoms with Gasteiger partial charge in [-0.1, -0.05) is 122 Å². The molecule has 53 heavy (non-hydrogen) atoms. The van der Waals surface area contributed by atoms with Crippen LogP contribution in [-0.2, 0) is 33.4 Å². The molecular weight excluding hydrogens is 913 g/mol. The number of nitrogens with zero attached hydrogens (tertiary/aromatic N) is 1. The molecule has 278 valence electrons. The quantitative estimate of drug-likeness (QED) is 0.0800. The van der Waals surface area contributed by atoms with Crippen molar-refractivity contribution >= 4 is 57.6 Å². The SMILES string of the molecule is C=Cc1ccccc1.F[B-](F)(F)F.F[B-](F)(F)F.[Pt+2].c1ccc([PH+](Cc2cccc(C[PH+](c3ccccc3)c3ccccc3)n2)c2ccccc2)cc1. The van der Waals surface area contributed by atoms with Crippen LogP contribution in [0, 0.1) is 0 Å². The van der Waals surface area contributed by atoms with Crippen molar-refractivity contribution in [2.24, 2.45) is 0 Å². The zero-order chi connectivity index (χ0) is 37.8. The van der Waals surface area contributed by atoms with E-state index in [1.54, 1.807) is 0 Å². The fraction of sp³-hybridized carbons (Fsp3) is 0.0513. The molecular formula is C39H37B2F8NP2Pt+2. The minimum Gasteiger partial charge on any atom is -0.418 e. The summed E-state index contributed by atoms with van der Waals surface area (Å²) < 4.78 is 78.0. The summed E-state index contributed by atoms with van der Waals surface area (Å²) in [5.41, 5.74) is 3.57. The zero-order valence-corrected chi connectivity index (χ0v) is 32.6. The van der Waals surface area contributed by atoms with Gasteiger partial charge in [0, 0.05) is 0 Å². The van der Waals surface area contributed by atoms with E-state index >= 15 is 0 Å². The van der Waals surface area contributed by atoms with Gasteiger partial charge in [-0.2, -0.15) is 0 Å². The van der Waals surface area contributed by atoms with Gasteiger partial charge < -0.3 is 34.5 Å². The van der Waals surface area contributed by atoms with Gasteiger partial charge in [-0.25, -0.2) is 0 Å². The maximum absolute atomic E-state index is 9.75. The number of hydrogen-bond donors (Lipinski definition) is 0. The molecule has 0 atom stereocenters. The van der Waals surface area contributed by atoms with Crippen molar-refractivity contribution in [2.75, 3.05) is 0 Å². The topological polar surface area (TPSA) is 12.9 Å². The van der Waals surface area contributed by atoms with E-state index in [-0.39, 0.29) is 21.1 Å². The van der Waals surface area contributed by atoms with Crippen molar-refractivity contribution in [3.05, 3.63) is 193 Å². The number of halogens is 8. The first-order chi connectivity index (χ1) is 24.8. The molecule has 1 nitrogen and oxygen atoms in total. The Hall–Kier alpha value is -3.89. The second kappa shape index (κ2) is 23.7. The van der Waals surface area contributed by atoms with E-state index in [4.69, 9.17) is 4.98 Å². The van der Waals surface area contributed by atoms with Crippen LogP contribution < -0.4 is 21.2 Å². The van der Waals surface area contributed by atoms with Crippen molar-refractivity contribution in [3.63, 3.8) is 0 Å². The number of aromatic nitrogens is 1. The Bertz CT molecular complexity index is 1660. The van der Waals surface area contributed by atoms with E-state index in [9.17, 15) is 34.5 Å². The smallest absolute Gasteiger partial charge is 0.418 e. The fourth-order valence-corrected chi connectivity index (χ4v) is 9.96. The average Bonchev–Trinajstić information content (AvgIpc) is 3.14. The van der Waals surface area contributed by atoms with Gasteiger partial charge in [0.25, 0.3) is 0 Å². The third kappa shape index (κ3) is 19.7. The zero-order valence-electron chi connectivity index (χ0n) is 28.3. The Morgan fingerprint density at radius 2 is 0.660 bits per heavy atom. The van der Waals surface area contributed by atoms with E-state index in [2.05, 4.69) is 146 Å². The summed E-state index contributed by atoms with van der Waals surface area (Å²) in [5.74, 6) is 0. The second-order valence-electron chi connectivity index (χ2n) is 11.0. The molecule has 0 saturated carbocycles. The van der Waals surface area contributed by atoms with Crippen LogP contribution in [0.25, 0.3) is 6.08 Å². The van der Waals surface area contributed by atoms with Crippen LogP contribution in [0.2, 0.25) is 0 Å². The fourth-order valence-electron chi connectivity index (χ4n) is 4.98. The molecule has 0 N–H and O–H groups in total. The van der Waals surface area contributed by atoms with Crippen LogP contribution in [0.3, 0.4) is 0 Å². The first-order valence-electron chi connectivity index (χ1n) is 16.1. The molecule has 0 fully saturated rings. The van der Waals surface area contributed by atoms with Crippen molar-refractivity contribution in [1.82, 2.24) is 4.98 Å². The van der Waals surface area contributed by atoms with E-state index in [0.717, 1.165) is 12.3 Å². The molecule has 1 heterocycles. The van der Waals surface area contributed by atoms with Crippen LogP contribution in [0.5, 0.6) is 0 Å². The van der Waals surface area contributed by atoms with Gasteiger partial charge in [-0.3, -0.25) is 4.98 Å². The van der Waals surface area contributed by atoms with Gasteiger partial charge in [-0.15, -0.1) is 0 Å². The third-order valence-electron chi connectivity index (χ3n) is 7.10. The molecule has 0 spiro atoms. The maximum atomic E-state index is 9.75. The van der Waals surface area contributed by atoms with Crippen molar-refractivity contribution in [3.8, 4) is 0 Å². The Morgan fingerprint density at radius 3 is 0.887 bits per heavy atom. The number of rotatable bonds is 9. The molecule has 0 saturated heterocycles. The molecule has 0 bridgehead atoms. The van der Waals surface area contributed by atoms with Gasteiger partial charge >= 0.3 is 35.6 Å². The second-order valence-corrected chi connectivity index (χ2v) is 15.9. The Kier molecular flexibility index (Phi) is 20.2. The predicted molar refractivity (Wildman–Crippen MR) is 209 cm³/mol. The minimum absolute atomic E-state index is 0. The third-order valence-corrected chi connectivity index (χ3v) is 12.7. The van der Waals surface area contributed by atoms with Gasteiger partial charge in [0.05, 0.1) is 48.4 Å². The summed E-state index contributed by atoms with van der Waals surface area (Å²) in [4.78, 5) is 5.21. The molecule has 5 aromatic carbocycles. The Labute approximate surface area is 322 Å². The summed E-state index contributed by atoms with van der Waals surface area (Å²) in [6, 6.07) is 60.5. The Balaban J connectivity index is 0.000000422. The first-order valence-corrected chi connectivity index (χ1v) is 19.5. The molecule has 0 unspecified atom stereocenters. The molecule has 6 aromatic rings. The summed E-state index contributed by atoms with van der Waals surface area (Å²) in [5, 5.41) is 5.74. The van der Waals surface area contributed by atoms with Crippen LogP contribution >= 0.6 is 15.8 Å². The van der Waals surface area contributed by atoms with Crippen LogP contribution in [0.4, 0.5) is 34.5 Å². The van der Waals surface area contributed by atoms with E-state index in [1.165, 1.54) is 38.2 Å². The number of pyridine rings is 1. The largest absolute Gasteiger partial charge is 2.00 e. The van der Waals surface area contributed by atoms with Crippen molar-refractivity contribution in [2.45, 2.75) is 12.3 Å². The summed E-state index contributed by atoms with van der Waals surface area (Å²) in [7, 11) is -13.9. The molecule has 0 aliphatic carbocycles. The molecule has 14 heteroatoms. The van der Waals surface area contributed by atoms with Gasteiger partial charge in [0.15, 0.2) is 0 Å². The van der Waals surface area contributed by atoms with Gasteiger partial charge in [-0.05, 0) is 66.2 Å². The maximum Gasteiger partial charge on any atom is 2.00 e. The van der Waals surface area contributed by atoms with Crippen LogP contribution in [0.15, 0.2) is 176 Å². The number of hydrogen-bond acceptors (Lipinski definition) is 1. The van der Waals surface area contributed by atoms with E-state index < -0.39 is 30.4 Å². The summed E-state index contributed by atoms with van der Waals surface area (Å²) in [6.07, 6.45) is 3.82. The standard InChI is InChI=1S/C31H27NP2.C8H8.2BF4.Pt/c1-5-16-28(17-6-1)33(29-18-7-2-8-19-29)24-26-14-13-15-27(32-26)25-34(30-20-9-3-10-21-30)31-22-11-4-12-23-31;1-2-8-6-4-3-5-7-8;2*2-1(3,4)5;/h1-23H,24-25H2;2-7H,1H2;;;/q;;2*-1;+2/p+2. The van der Waals surface area contributed by atoms with Crippen molar-refractivity contribution < 1.29 is 55.6 Å². The molecule has 0 aliphatic heterocycles. The van der Waals surface area contributed by atoms with Gasteiger partial charge in [0.2, 0.25) is 0 Å². The van der Waals surface area contributed by atoms with Crippen LogP contribution in [-0.4, -0.2) is 19.5 Å². The molecule has 0 radical (unpaired) electrons. The number of benzene rings is 5. The Morgan fingerprint density at radius 1 is 0.415 bits per heavy atom. The van der Waals surface area contributed by atoms with Crippen LogP contribution in [0.1, 0.15) is 17.0 Å². The average molecular weight is 950 g/mol. The minimum atomic E-state index is -6.00. The molecule has 0 amide bonds. The van der Waals surface area contributed by atoms with E-state index in [0.29, 0.717) is 0 Å². The van der Waals surface area contributed by atoms with Gasteiger partial charge in [0.1, 0.15) is 12.3 Å². The predicted octanol–water partition coefficient (Wildman–Crippen LogP) is 10.7. The first kappa shape index (κ1) is 45.3. The van der Waals surface area contributed by atoms with E-state index in [1.807, 2.05) is 36.4 Å². The normalized spacial score (nSPS) is 10.7. The summed E-state index contributed by atoms with van der Waals surface area (Å²) >= 11 is 0. The molecule has 1 aromatic heterocycles. The van der Waals surface area contributed by atoms with Crippen molar-refractivity contribution in [1.29, 1.82) is 0 Å². The monoisotopic (exact) mass is 950 g/mol. The molecule has 0 aliphatic rings. The molecule has 6 rings (SSSR count).